The highest BCUT2D eigenvalue weighted by Crippen LogP contribution is 2.37. The summed E-state index contributed by atoms with van der Waals surface area (Å²) < 4.78 is 11.8. The molecule has 0 bridgehead atoms. The summed E-state index contributed by atoms with van der Waals surface area (Å²) in [7, 11) is 0. The lowest BCUT2D eigenvalue weighted by atomic mass is 10.1. The SMILES string of the molecule is CCC1CCOC2(CCCC2)OC1. The minimum atomic E-state index is -0.163. The third-order valence-electron chi connectivity index (χ3n) is 3.42. The predicted molar refractivity (Wildman–Crippen MR) is 51.5 cm³/mol. The van der Waals surface area contributed by atoms with Gasteiger partial charge in [-0.05, 0) is 25.2 Å². The molecule has 1 atom stereocenters. The number of hydrogen-bond acceptors (Lipinski definition) is 2. The molecule has 2 rings (SSSR count). The maximum atomic E-state index is 5.93. The second kappa shape index (κ2) is 3.97. The van der Waals surface area contributed by atoms with Crippen molar-refractivity contribution >= 4 is 0 Å². The summed E-state index contributed by atoms with van der Waals surface area (Å²) >= 11 is 0. The van der Waals surface area contributed by atoms with Gasteiger partial charge in [-0.15, -0.1) is 0 Å². The van der Waals surface area contributed by atoms with Gasteiger partial charge in [0.1, 0.15) is 0 Å². The van der Waals surface area contributed by atoms with Crippen molar-refractivity contribution < 1.29 is 9.47 Å². The average molecular weight is 184 g/mol. The molecule has 2 aliphatic rings. The predicted octanol–water partition coefficient (Wildman–Crippen LogP) is 2.72. The Morgan fingerprint density at radius 3 is 2.69 bits per heavy atom. The first-order chi connectivity index (χ1) is 6.35. The zero-order valence-corrected chi connectivity index (χ0v) is 8.55. The molecule has 2 nitrogen and oxygen atoms in total. The molecule has 0 aromatic heterocycles. The van der Waals surface area contributed by atoms with Gasteiger partial charge in [-0.2, -0.15) is 0 Å². The normalized spacial score (nSPS) is 33.5. The maximum absolute atomic E-state index is 5.93. The van der Waals surface area contributed by atoms with E-state index in [1.807, 2.05) is 0 Å². The summed E-state index contributed by atoms with van der Waals surface area (Å²) in [5.41, 5.74) is 0. The summed E-state index contributed by atoms with van der Waals surface area (Å²) in [6, 6.07) is 0. The minimum Gasteiger partial charge on any atom is -0.350 e. The summed E-state index contributed by atoms with van der Waals surface area (Å²) in [4.78, 5) is 0. The van der Waals surface area contributed by atoms with Crippen LogP contribution in [0.25, 0.3) is 0 Å². The first-order valence-electron chi connectivity index (χ1n) is 5.62. The van der Waals surface area contributed by atoms with Gasteiger partial charge in [0.25, 0.3) is 0 Å². The highest BCUT2D eigenvalue weighted by atomic mass is 16.7. The number of ether oxygens (including phenoxy) is 2. The summed E-state index contributed by atoms with van der Waals surface area (Å²) in [5, 5.41) is 0. The van der Waals surface area contributed by atoms with Gasteiger partial charge in [0.2, 0.25) is 0 Å². The lowest BCUT2D eigenvalue weighted by Gasteiger charge is -2.27. The van der Waals surface area contributed by atoms with E-state index in [2.05, 4.69) is 6.92 Å². The van der Waals surface area contributed by atoms with E-state index in [4.69, 9.17) is 9.47 Å². The molecule has 13 heavy (non-hydrogen) atoms. The van der Waals surface area contributed by atoms with Crippen LogP contribution >= 0.6 is 0 Å². The Balaban J connectivity index is 1.93. The van der Waals surface area contributed by atoms with Crippen molar-refractivity contribution in [3.05, 3.63) is 0 Å². The molecular weight excluding hydrogens is 164 g/mol. The molecular formula is C11H20O2. The van der Waals surface area contributed by atoms with Crippen LogP contribution in [0.3, 0.4) is 0 Å². The molecule has 1 spiro atoms. The molecule has 2 fully saturated rings. The highest BCUT2D eigenvalue weighted by Gasteiger charge is 2.37. The quantitative estimate of drug-likeness (QED) is 0.624. The van der Waals surface area contributed by atoms with Crippen molar-refractivity contribution in [2.45, 2.75) is 51.2 Å². The first-order valence-corrected chi connectivity index (χ1v) is 5.62. The fourth-order valence-electron chi connectivity index (χ4n) is 2.33. The van der Waals surface area contributed by atoms with Gasteiger partial charge in [0.05, 0.1) is 13.2 Å². The van der Waals surface area contributed by atoms with E-state index in [1.165, 1.54) is 25.7 Å². The van der Waals surface area contributed by atoms with Crippen LogP contribution in [0.5, 0.6) is 0 Å². The first kappa shape index (κ1) is 9.47. The summed E-state index contributed by atoms with van der Waals surface area (Å²) in [5.74, 6) is 0.559. The smallest absolute Gasteiger partial charge is 0.168 e. The third kappa shape index (κ3) is 2.05. The van der Waals surface area contributed by atoms with E-state index >= 15 is 0 Å². The Morgan fingerprint density at radius 2 is 2.00 bits per heavy atom. The van der Waals surface area contributed by atoms with Crippen LogP contribution in [0.4, 0.5) is 0 Å². The molecule has 1 saturated heterocycles. The van der Waals surface area contributed by atoms with Crippen LogP contribution < -0.4 is 0 Å². The van der Waals surface area contributed by atoms with Gasteiger partial charge >= 0.3 is 0 Å². The Kier molecular flexibility index (Phi) is 2.89. The summed E-state index contributed by atoms with van der Waals surface area (Å²) in [6.07, 6.45) is 7.18. The zero-order chi connectivity index (χ0) is 9.15. The van der Waals surface area contributed by atoms with Gasteiger partial charge in [-0.3, -0.25) is 0 Å². The third-order valence-corrected chi connectivity index (χ3v) is 3.42. The van der Waals surface area contributed by atoms with E-state index in [0.29, 0.717) is 0 Å². The number of hydrogen-bond donors (Lipinski definition) is 0. The van der Waals surface area contributed by atoms with Crippen LogP contribution in [0.15, 0.2) is 0 Å². The fraction of sp³-hybridized carbons (Fsp3) is 1.00. The summed E-state index contributed by atoms with van der Waals surface area (Å²) in [6.45, 7) is 4.05. The molecule has 0 aromatic rings. The molecule has 1 saturated carbocycles. The highest BCUT2D eigenvalue weighted by molar-refractivity contribution is 4.79. The largest absolute Gasteiger partial charge is 0.350 e. The zero-order valence-electron chi connectivity index (χ0n) is 8.55. The number of rotatable bonds is 1. The van der Waals surface area contributed by atoms with Crippen molar-refractivity contribution in [1.29, 1.82) is 0 Å². The Bertz CT molecular complexity index is 161. The Labute approximate surface area is 80.6 Å². The molecule has 1 aliphatic heterocycles. The molecule has 0 N–H and O–H groups in total. The van der Waals surface area contributed by atoms with Crippen molar-refractivity contribution in [2.24, 2.45) is 5.92 Å². The average Bonchev–Trinajstić information content (AvgIpc) is 2.49. The molecule has 1 unspecified atom stereocenters. The monoisotopic (exact) mass is 184 g/mol. The van der Waals surface area contributed by atoms with E-state index in [1.54, 1.807) is 0 Å². The molecule has 76 valence electrons. The van der Waals surface area contributed by atoms with E-state index in [0.717, 1.165) is 32.0 Å². The van der Waals surface area contributed by atoms with Crippen molar-refractivity contribution in [3.8, 4) is 0 Å². The lowest BCUT2D eigenvalue weighted by Crippen LogP contribution is -2.31. The van der Waals surface area contributed by atoms with Gasteiger partial charge in [-0.1, -0.05) is 13.3 Å². The molecule has 0 radical (unpaired) electrons. The molecule has 0 amide bonds. The van der Waals surface area contributed by atoms with E-state index < -0.39 is 0 Å². The molecule has 1 heterocycles. The molecule has 2 heteroatoms. The van der Waals surface area contributed by atoms with Crippen molar-refractivity contribution in [3.63, 3.8) is 0 Å². The van der Waals surface area contributed by atoms with E-state index in [-0.39, 0.29) is 5.79 Å². The van der Waals surface area contributed by atoms with Gasteiger partial charge in [0.15, 0.2) is 5.79 Å². The van der Waals surface area contributed by atoms with Crippen LogP contribution in [0.1, 0.15) is 45.4 Å². The van der Waals surface area contributed by atoms with E-state index in [9.17, 15) is 0 Å². The van der Waals surface area contributed by atoms with Crippen LogP contribution in [0, 0.1) is 5.92 Å². The van der Waals surface area contributed by atoms with Gasteiger partial charge in [0, 0.05) is 12.8 Å². The standard InChI is InChI=1S/C11H20O2/c1-2-10-5-8-12-11(13-9-10)6-3-4-7-11/h10H,2-9H2,1H3. The Hall–Kier alpha value is -0.0800. The topological polar surface area (TPSA) is 18.5 Å². The maximum Gasteiger partial charge on any atom is 0.168 e. The van der Waals surface area contributed by atoms with Gasteiger partial charge in [-0.25, -0.2) is 0 Å². The second-order valence-electron chi connectivity index (χ2n) is 4.34. The lowest BCUT2D eigenvalue weighted by molar-refractivity contribution is -0.221. The van der Waals surface area contributed by atoms with Gasteiger partial charge < -0.3 is 9.47 Å². The Morgan fingerprint density at radius 1 is 1.23 bits per heavy atom. The molecule has 1 aliphatic carbocycles. The minimum absolute atomic E-state index is 0.163. The van der Waals surface area contributed by atoms with Crippen LogP contribution in [0.2, 0.25) is 0 Å². The van der Waals surface area contributed by atoms with Crippen molar-refractivity contribution in [1.82, 2.24) is 0 Å². The van der Waals surface area contributed by atoms with Crippen LogP contribution in [-0.2, 0) is 9.47 Å². The van der Waals surface area contributed by atoms with Crippen LogP contribution in [-0.4, -0.2) is 19.0 Å². The second-order valence-corrected chi connectivity index (χ2v) is 4.34. The fourth-order valence-corrected chi connectivity index (χ4v) is 2.33. The molecule has 0 aromatic carbocycles. The van der Waals surface area contributed by atoms with Crippen molar-refractivity contribution in [2.75, 3.05) is 13.2 Å².